The van der Waals surface area contributed by atoms with Crippen LogP contribution in [0.5, 0.6) is 0 Å². The Kier molecular flexibility index (Phi) is 5.35. The van der Waals surface area contributed by atoms with Gasteiger partial charge in [-0.25, -0.2) is 0 Å². The lowest BCUT2D eigenvalue weighted by Crippen LogP contribution is -2.29. The van der Waals surface area contributed by atoms with Crippen molar-refractivity contribution < 1.29 is 14.3 Å². The van der Waals surface area contributed by atoms with Crippen LogP contribution in [0.15, 0.2) is 59.2 Å². The number of rotatable bonds is 6. The van der Waals surface area contributed by atoms with Gasteiger partial charge in [0.05, 0.1) is 17.6 Å². The second kappa shape index (κ2) is 7.66. The lowest BCUT2D eigenvalue weighted by molar-refractivity contribution is -0.120. The first-order valence-electron chi connectivity index (χ1n) is 7.45. The van der Waals surface area contributed by atoms with E-state index in [1.54, 1.807) is 12.3 Å². The van der Waals surface area contributed by atoms with Crippen LogP contribution in [0.3, 0.4) is 0 Å². The van der Waals surface area contributed by atoms with E-state index in [1.165, 1.54) is 11.3 Å². The van der Waals surface area contributed by atoms with E-state index in [2.05, 4.69) is 5.32 Å². The van der Waals surface area contributed by atoms with Crippen LogP contribution < -0.4 is 5.32 Å². The van der Waals surface area contributed by atoms with Gasteiger partial charge in [0, 0.05) is 16.4 Å². The van der Waals surface area contributed by atoms with Gasteiger partial charge in [-0.3, -0.25) is 4.79 Å². The van der Waals surface area contributed by atoms with Crippen molar-refractivity contribution in [3.63, 3.8) is 0 Å². The summed E-state index contributed by atoms with van der Waals surface area (Å²) in [5, 5.41) is 13.5. The molecule has 24 heavy (non-hydrogen) atoms. The number of thiophene rings is 1. The molecule has 1 unspecified atom stereocenters. The molecule has 0 saturated heterocycles. The molecule has 2 heterocycles. The lowest BCUT2D eigenvalue weighted by atomic mass is 10.1. The highest BCUT2D eigenvalue weighted by Gasteiger charge is 2.14. The van der Waals surface area contributed by atoms with E-state index < -0.39 is 6.10 Å². The van der Waals surface area contributed by atoms with Crippen molar-refractivity contribution in [3.05, 3.63) is 70.3 Å². The van der Waals surface area contributed by atoms with Gasteiger partial charge in [0.15, 0.2) is 0 Å². The van der Waals surface area contributed by atoms with Crippen molar-refractivity contribution in [1.82, 2.24) is 5.32 Å². The Labute approximate surface area is 148 Å². The highest BCUT2D eigenvalue weighted by molar-refractivity contribution is 7.15. The summed E-state index contributed by atoms with van der Waals surface area (Å²) in [6, 6.07) is 14.6. The molecule has 0 aliphatic rings. The number of furan rings is 1. The maximum atomic E-state index is 12.0. The Bertz CT molecular complexity index is 813. The molecular formula is C18H16ClNO3S. The molecule has 0 aliphatic carbocycles. The molecule has 1 amide bonds. The standard InChI is InChI=1S/C18H16ClNO3S/c19-13-5-2-1-4-12(13)10-18(22)20-11-14(21)16-7-8-17(24-16)15-6-3-9-23-15/h1-9,14,21H,10-11H2,(H,20,22). The highest BCUT2D eigenvalue weighted by atomic mass is 35.5. The Morgan fingerprint density at radius 2 is 2.04 bits per heavy atom. The van der Waals surface area contributed by atoms with Gasteiger partial charge in [-0.15, -0.1) is 11.3 Å². The molecule has 3 rings (SSSR count). The maximum Gasteiger partial charge on any atom is 0.224 e. The van der Waals surface area contributed by atoms with Crippen LogP contribution in [-0.2, 0) is 11.2 Å². The molecule has 0 radical (unpaired) electrons. The number of halogens is 1. The van der Waals surface area contributed by atoms with E-state index in [0.29, 0.717) is 5.02 Å². The van der Waals surface area contributed by atoms with Gasteiger partial charge in [-0.1, -0.05) is 29.8 Å². The van der Waals surface area contributed by atoms with Crippen molar-refractivity contribution in [2.24, 2.45) is 0 Å². The fourth-order valence-corrected chi connectivity index (χ4v) is 3.44. The van der Waals surface area contributed by atoms with Gasteiger partial charge in [0.25, 0.3) is 0 Å². The Morgan fingerprint density at radius 3 is 2.79 bits per heavy atom. The Hall–Kier alpha value is -2.08. The minimum Gasteiger partial charge on any atom is -0.464 e. The molecule has 1 atom stereocenters. The summed E-state index contributed by atoms with van der Waals surface area (Å²) in [6.07, 6.45) is 1.04. The van der Waals surface area contributed by atoms with Crippen LogP contribution in [0.1, 0.15) is 16.5 Å². The molecule has 4 nitrogen and oxygen atoms in total. The topological polar surface area (TPSA) is 62.5 Å². The number of nitrogens with one attached hydrogen (secondary N) is 1. The third kappa shape index (κ3) is 4.06. The fourth-order valence-electron chi connectivity index (χ4n) is 2.27. The molecule has 6 heteroatoms. The zero-order chi connectivity index (χ0) is 16.9. The molecule has 0 bridgehead atoms. The first-order valence-corrected chi connectivity index (χ1v) is 8.64. The predicted octanol–water partition coefficient (Wildman–Crippen LogP) is 4.05. The molecule has 0 saturated carbocycles. The summed E-state index contributed by atoms with van der Waals surface area (Å²) in [6.45, 7) is 0.154. The Morgan fingerprint density at radius 1 is 1.21 bits per heavy atom. The minimum absolute atomic E-state index is 0.154. The lowest BCUT2D eigenvalue weighted by Gasteiger charge is -2.10. The first-order chi connectivity index (χ1) is 11.6. The monoisotopic (exact) mass is 361 g/mol. The van der Waals surface area contributed by atoms with Crippen molar-refractivity contribution in [1.29, 1.82) is 0 Å². The zero-order valence-electron chi connectivity index (χ0n) is 12.7. The molecule has 0 aliphatic heterocycles. The van der Waals surface area contributed by atoms with Gasteiger partial charge in [-0.2, -0.15) is 0 Å². The van der Waals surface area contributed by atoms with E-state index in [-0.39, 0.29) is 18.9 Å². The third-order valence-electron chi connectivity index (χ3n) is 3.52. The van der Waals surface area contributed by atoms with E-state index >= 15 is 0 Å². The average Bonchev–Trinajstić information content (AvgIpc) is 3.25. The van der Waals surface area contributed by atoms with Crippen molar-refractivity contribution >= 4 is 28.8 Å². The number of carbonyl (C=O) groups is 1. The molecule has 124 valence electrons. The molecule has 3 aromatic rings. The van der Waals surface area contributed by atoms with Crippen LogP contribution in [0.4, 0.5) is 0 Å². The van der Waals surface area contributed by atoms with E-state index in [9.17, 15) is 9.90 Å². The number of hydrogen-bond acceptors (Lipinski definition) is 4. The van der Waals surface area contributed by atoms with E-state index in [4.69, 9.17) is 16.0 Å². The van der Waals surface area contributed by atoms with Crippen LogP contribution in [0.25, 0.3) is 10.6 Å². The van der Waals surface area contributed by atoms with Crippen molar-refractivity contribution in [2.75, 3.05) is 6.54 Å². The van der Waals surface area contributed by atoms with Gasteiger partial charge in [-0.05, 0) is 35.9 Å². The number of aliphatic hydroxyl groups is 1. The van der Waals surface area contributed by atoms with Gasteiger partial charge >= 0.3 is 0 Å². The molecule has 2 aromatic heterocycles. The Balaban J connectivity index is 1.55. The van der Waals surface area contributed by atoms with E-state index in [1.807, 2.05) is 42.5 Å². The number of benzene rings is 1. The SMILES string of the molecule is O=C(Cc1ccccc1Cl)NCC(O)c1ccc(-c2ccco2)s1. The quantitative estimate of drug-likeness (QED) is 0.696. The normalized spacial score (nSPS) is 12.1. The van der Waals surface area contributed by atoms with Crippen molar-refractivity contribution in [3.8, 4) is 10.6 Å². The number of aliphatic hydroxyl groups excluding tert-OH is 1. The number of hydrogen-bond donors (Lipinski definition) is 2. The van der Waals surface area contributed by atoms with Crippen molar-refractivity contribution in [2.45, 2.75) is 12.5 Å². The zero-order valence-corrected chi connectivity index (χ0v) is 14.3. The molecule has 0 fully saturated rings. The summed E-state index contributed by atoms with van der Waals surface area (Å²) in [5.41, 5.74) is 0.766. The van der Waals surface area contributed by atoms with Crippen LogP contribution in [-0.4, -0.2) is 17.6 Å². The average molecular weight is 362 g/mol. The fraction of sp³-hybridized carbons (Fsp3) is 0.167. The second-order valence-electron chi connectivity index (χ2n) is 5.27. The van der Waals surface area contributed by atoms with Gasteiger partial charge in [0.1, 0.15) is 11.9 Å². The molecule has 1 aromatic carbocycles. The summed E-state index contributed by atoms with van der Waals surface area (Å²) in [4.78, 5) is 13.7. The predicted molar refractivity (Wildman–Crippen MR) is 95.1 cm³/mol. The summed E-state index contributed by atoms with van der Waals surface area (Å²) >= 11 is 7.48. The highest BCUT2D eigenvalue weighted by Crippen LogP contribution is 2.31. The third-order valence-corrected chi connectivity index (χ3v) is 5.09. The number of carbonyl (C=O) groups excluding carboxylic acids is 1. The summed E-state index contributed by atoms with van der Waals surface area (Å²) < 4.78 is 5.33. The smallest absolute Gasteiger partial charge is 0.224 e. The van der Waals surface area contributed by atoms with Crippen LogP contribution >= 0.6 is 22.9 Å². The van der Waals surface area contributed by atoms with E-state index in [0.717, 1.165) is 21.1 Å². The first kappa shape index (κ1) is 16.8. The largest absolute Gasteiger partial charge is 0.464 e. The summed E-state index contributed by atoms with van der Waals surface area (Å²) in [5.74, 6) is 0.589. The number of amides is 1. The molecule has 0 spiro atoms. The van der Waals surface area contributed by atoms with Crippen LogP contribution in [0, 0.1) is 0 Å². The van der Waals surface area contributed by atoms with Gasteiger partial charge in [0.2, 0.25) is 5.91 Å². The molecular weight excluding hydrogens is 346 g/mol. The minimum atomic E-state index is -0.756. The summed E-state index contributed by atoms with van der Waals surface area (Å²) in [7, 11) is 0. The molecule has 2 N–H and O–H groups in total. The van der Waals surface area contributed by atoms with Crippen LogP contribution in [0.2, 0.25) is 5.02 Å². The maximum absolute atomic E-state index is 12.0. The van der Waals surface area contributed by atoms with Gasteiger partial charge < -0.3 is 14.8 Å². The second-order valence-corrected chi connectivity index (χ2v) is 6.79.